The molecule has 2 atom stereocenters. The Hall–Kier alpha value is -1.06. The first-order valence-electron chi connectivity index (χ1n) is 6.88. The van der Waals surface area contributed by atoms with Crippen molar-refractivity contribution in [1.29, 1.82) is 0 Å². The van der Waals surface area contributed by atoms with Crippen molar-refractivity contribution in [2.75, 3.05) is 39.5 Å². The molecule has 0 radical (unpaired) electrons. The van der Waals surface area contributed by atoms with Crippen molar-refractivity contribution in [2.45, 2.75) is 18.9 Å². The van der Waals surface area contributed by atoms with Crippen molar-refractivity contribution in [2.24, 2.45) is 5.92 Å². The van der Waals surface area contributed by atoms with Gasteiger partial charge in [-0.25, -0.2) is 0 Å². The van der Waals surface area contributed by atoms with Gasteiger partial charge in [0.25, 0.3) is 0 Å². The minimum atomic E-state index is 0.471. The van der Waals surface area contributed by atoms with E-state index in [2.05, 4.69) is 53.9 Å². The third-order valence-corrected chi connectivity index (χ3v) is 4.00. The van der Waals surface area contributed by atoms with Crippen molar-refractivity contribution in [3.63, 3.8) is 0 Å². The smallest absolute Gasteiger partial charge is 0.0358 e. The Kier molecular flexibility index (Phi) is 4.61. The van der Waals surface area contributed by atoms with E-state index < -0.39 is 0 Å². The summed E-state index contributed by atoms with van der Waals surface area (Å²) in [4.78, 5) is 2.44. The summed E-state index contributed by atoms with van der Waals surface area (Å²) in [5.41, 5.74) is 2.58. The SMILES string of the molecule is CNc1ccc(C(NC)C2CCCN(C)C2)cc1. The van der Waals surface area contributed by atoms with Gasteiger partial charge in [0.2, 0.25) is 0 Å². The predicted octanol–water partition coefficient (Wildman–Crippen LogP) is 2.33. The average molecular weight is 247 g/mol. The number of anilines is 1. The van der Waals surface area contributed by atoms with Crippen LogP contribution in [-0.4, -0.2) is 39.1 Å². The minimum Gasteiger partial charge on any atom is -0.388 e. The van der Waals surface area contributed by atoms with Crippen molar-refractivity contribution in [3.05, 3.63) is 29.8 Å². The van der Waals surface area contributed by atoms with E-state index in [9.17, 15) is 0 Å². The van der Waals surface area contributed by atoms with Crippen LogP contribution in [0.2, 0.25) is 0 Å². The molecule has 100 valence electrons. The van der Waals surface area contributed by atoms with Gasteiger partial charge < -0.3 is 15.5 Å². The molecule has 0 saturated carbocycles. The van der Waals surface area contributed by atoms with Crippen LogP contribution in [0.25, 0.3) is 0 Å². The molecule has 1 aromatic carbocycles. The summed E-state index contributed by atoms with van der Waals surface area (Å²) in [5.74, 6) is 0.717. The Balaban J connectivity index is 2.11. The Morgan fingerprint density at radius 3 is 2.50 bits per heavy atom. The Morgan fingerprint density at radius 1 is 1.22 bits per heavy atom. The first-order valence-corrected chi connectivity index (χ1v) is 6.88. The molecule has 1 fully saturated rings. The van der Waals surface area contributed by atoms with Crippen LogP contribution in [0.3, 0.4) is 0 Å². The van der Waals surface area contributed by atoms with Gasteiger partial charge in [0.1, 0.15) is 0 Å². The molecule has 0 bridgehead atoms. The quantitative estimate of drug-likeness (QED) is 0.855. The fourth-order valence-corrected chi connectivity index (χ4v) is 3.01. The number of nitrogens with one attached hydrogen (secondary N) is 2. The van der Waals surface area contributed by atoms with E-state index >= 15 is 0 Å². The molecule has 2 N–H and O–H groups in total. The fraction of sp³-hybridized carbons (Fsp3) is 0.600. The summed E-state index contributed by atoms with van der Waals surface area (Å²) in [5, 5.41) is 6.67. The molecule has 0 spiro atoms. The van der Waals surface area contributed by atoms with Crippen molar-refractivity contribution < 1.29 is 0 Å². The Bertz CT molecular complexity index is 361. The van der Waals surface area contributed by atoms with Gasteiger partial charge in [0.05, 0.1) is 0 Å². The molecule has 1 heterocycles. The van der Waals surface area contributed by atoms with Crippen LogP contribution in [0.5, 0.6) is 0 Å². The molecular weight excluding hydrogens is 222 g/mol. The zero-order valence-electron chi connectivity index (χ0n) is 11.7. The highest BCUT2D eigenvalue weighted by Crippen LogP contribution is 2.29. The average Bonchev–Trinajstić information content (AvgIpc) is 2.40. The molecule has 1 aliphatic heterocycles. The van der Waals surface area contributed by atoms with E-state index in [1.807, 2.05) is 7.05 Å². The number of hydrogen-bond acceptors (Lipinski definition) is 3. The standard InChI is InChI=1S/C15H25N3/c1-16-14-8-6-12(7-9-14)15(17-2)13-5-4-10-18(3)11-13/h6-9,13,15-17H,4-5,10-11H2,1-3H3. The van der Waals surface area contributed by atoms with Crippen molar-refractivity contribution in [1.82, 2.24) is 10.2 Å². The molecule has 18 heavy (non-hydrogen) atoms. The van der Waals surface area contributed by atoms with Gasteiger partial charge >= 0.3 is 0 Å². The Labute approximate surface area is 111 Å². The highest BCUT2D eigenvalue weighted by atomic mass is 15.1. The lowest BCUT2D eigenvalue weighted by molar-refractivity contribution is 0.177. The molecule has 2 rings (SSSR count). The molecule has 3 nitrogen and oxygen atoms in total. The number of piperidine rings is 1. The second-order valence-electron chi connectivity index (χ2n) is 5.30. The Morgan fingerprint density at radius 2 is 1.94 bits per heavy atom. The zero-order valence-corrected chi connectivity index (χ0v) is 11.7. The van der Waals surface area contributed by atoms with Crippen LogP contribution in [0, 0.1) is 5.92 Å². The first-order chi connectivity index (χ1) is 8.74. The molecule has 1 aliphatic rings. The third kappa shape index (κ3) is 3.03. The van der Waals surface area contributed by atoms with Crippen LogP contribution in [-0.2, 0) is 0 Å². The van der Waals surface area contributed by atoms with E-state index in [4.69, 9.17) is 0 Å². The van der Waals surface area contributed by atoms with Gasteiger partial charge in [0, 0.05) is 25.3 Å². The van der Waals surface area contributed by atoms with E-state index in [1.54, 1.807) is 0 Å². The van der Waals surface area contributed by atoms with Crippen LogP contribution < -0.4 is 10.6 Å². The van der Waals surface area contributed by atoms with Gasteiger partial charge in [-0.1, -0.05) is 12.1 Å². The number of rotatable bonds is 4. The van der Waals surface area contributed by atoms with E-state index in [0.29, 0.717) is 12.0 Å². The van der Waals surface area contributed by atoms with Gasteiger partial charge in [-0.15, -0.1) is 0 Å². The normalized spacial score (nSPS) is 22.7. The molecule has 0 aromatic heterocycles. The molecule has 3 heteroatoms. The number of likely N-dealkylation sites (tertiary alicyclic amines) is 1. The number of nitrogens with zero attached hydrogens (tertiary/aromatic N) is 1. The minimum absolute atomic E-state index is 0.471. The first kappa shape index (κ1) is 13.4. The lowest BCUT2D eigenvalue weighted by atomic mass is 9.86. The largest absolute Gasteiger partial charge is 0.388 e. The van der Waals surface area contributed by atoms with Crippen LogP contribution in [0.1, 0.15) is 24.4 Å². The maximum Gasteiger partial charge on any atom is 0.0358 e. The molecule has 1 saturated heterocycles. The van der Waals surface area contributed by atoms with Crippen LogP contribution in [0.15, 0.2) is 24.3 Å². The monoisotopic (exact) mass is 247 g/mol. The molecule has 1 aromatic rings. The summed E-state index contributed by atoms with van der Waals surface area (Å²) in [6.45, 7) is 2.44. The summed E-state index contributed by atoms with van der Waals surface area (Å²) in [7, 11) is 6.26. The van der Waals surface area contributed by atoms with Gasteiger partial charge in [0.15, 0.2) is 0 Å². The second-order valence-corrected chi connectivity index (χ2v) is 5.30. The lowest BCUT2D eigenvalue weighted by Crippen LogP contribution is -2.38. The number of hydrogen-bond donors (Lipinski definition) is 2. The fourth-order valence-electron chi connectivity index (χ4n) is 3.01. The molecule has 2 unspecified atom stereocenters. The van der Waals surface area contributed by atoms with E-state index in [-0.39, 0.29) is 0 Å². The molecular formula is C15H25N3. The third-order valence-electron chi connectivity index (χ3n) is 4.00. The predicted molar refractivity (Wildman–Crippen MR) is 78.0 cm³/mol. The topological polar surface area (TPSA) is 27.3 Å². The summed E-state index contributed by atoms with van der Waals surface area (Å²) >= 11 is 0. The maximum absolute atomic E-state index is 3.50. The van der Waals surface area contributed by atoms with Gasteiger partial charge in [-0.3, -0.25) is 0 Å². The highest BCUT2D eigenvalue weighted by molar-refractivity contribution is 5.44. The summed E-state index contributed by atoms with van der Waals surface area (Å²) in [6, 6.07) is 9.26. The molecule has 0 aliphatic carbocycles. The van der Waals surface area contributed by atoms with E-state index in [0.717, 1.165) is 0 Å². The zero-order chi connectivity index (χ0) is 13.0. The molecule has 0 amide bonds. The lowest BCUT2D eigenvalue weighted by Gasteiger charge is -2.35. The summed E-state index contributed by atoms with van der Waals surface area (Å²) in [6.07, 6.45) is 2.64. The van der Waals surface area contributed by atoms with Crippen LogP contribution >= 0.6 is 0 Å². The van der Waals surface area contributed by atoms with Crippen molar-refractivity contribution >= 4 is 5.69 Å². The van der Waals surface area contributed by atoms with Gasteiger partial charge in [-0.2, -0.15) is 0 Å². The number of benzene rings is 1. The second kappa shape index (κ2) is 6.21. The van der Waals surface area contributed by atoms with Crippen molar-refractivity contribution in [3.8, 4) is 0 Å². The van der Waals surface area contributed by atoms with Crippen LogP contribution in [0.4, 0.5) is 5.69 Å². The highest BCUT2D eigenvalue weighted by Gasteiger charge is 2.25. The van der Waals surface area contributed by atoms with Gasteiger partial charge in [-0.05, 0) is 57.1 Å². The summed E-state index contributed by atoms with van der Waals surface area (Å²) < 4.78 is 0. The maximum atomic E-state index is 3.50. The van der Waals surface area contributed by atoms with E-state index in [1.165, 1.54) is 37.2 Å².